The number of hydrogen-bond acceptors (Lipinski definition) is 1. The Kier molecular flexibility index (Phi) is 7.55. The van der Waals surface area contributed by atoms with E-state index in [4.69, 9.17) is 0 Å². The molecule has 0 saturated carbocycles. The summed E-state index contributed by atoms with van der Waals surface area (Å²) in [6.07, 6.45) is 0. The molecule has 0 atom stereocenters. The van der Waals surface area contributed by atoms with Gasteiger partial charge in [-0.25, -0.2) is 0 Å². The molecule has 0 spiro atoms. The first kappa shape index (κ1) is 21.1. The third-order valence-corrected chi connectivity index (χ3v) is 4.98. The van der Waals surface area contributed by atoms with Crippen LogP contribution in [0.3, 0.4) is 0 Å². The summed E-state index contributed by atoms with van der Waals surface area (Å²) in [5.41, 5.74) is 3.39. The first-order valence-corrected chi connectivity index (χ1v) is 9.82. The van der Waals surface area contributed by atoms with Crippen molar-refractivity contribution in [3.05, 3.63) is 103 Å². The van der Waals surface area contributed by atoms with E-state index in [1.54, 1.807) is 12.1 Å². The molecule has 4 rings (SSSR count). The van der Waals surface area contributed by atoms with Crippen LogP contribution in [0, 0.1) is 0 Å². The minimum Gasteiger partial charge on any atom is -0.748 e. The van der Waals surface area contributed by atoms with Crippen molar-refractivity contribution in [3.63, 3.8) is 0 Å². The van der Waals surface area contributed by atoms with Crippen molar-refractivity contribution in [1.82, 2.24) is 0 Å². The summed E-state index contributed by atoms with van der Waals surface area (Å²) in [6, 6.07) is 32.3. The molecule has 0 unspecified atom stereocenters. The molecule has 0 aliphatic heterocycles. The van der Waals surface area contributed by atoms with Crippen LogP contribution in [-0.4, -0.2) is 9.79 Å². The van der Waals surface area contributed by atoms with Crippen LogP contribution in [0.1, 0.15) is 0 Å². The Morgan fingerprint density at radius 1 is 0.704 bits per heavy atom. The normalized spacial score (nSPS) is 10.4. The van der Waals surface area contributed by atoms with Crippen molar-refractivity contribution in [2.75, 3.05) is 0 Å². The molecule has 4 aromatic carbocycles. The fraction of sp³-hybridized carbons (Fsp3) is 0. The quantitative estimate of drug-likeness (QED) is 0.281. The average molecular weight is 418 g/mol. The maximum absolute atomic E-state index is 11.6. The van der Waals surface area contributed by atoms with Crippen molar-refractivity contribution >= 4 is 12.9 Å². The zero-order valence-electron chi connectivity index (χ0n) is 14.4. The van der Waals surface area contributed by atoms with Crippen LogP contribution in [0.25, 0.3) is 22.3 Å². The van der Waals surface area contributed by atoms with E-state index in [1.165, 1.54) is 6.07 Å². The van der Waals surface area contributed by atoms with Gasteiger partial charge in [0.1, 0.15) is 0 Å². The van der Waals surface area contributed by atoms with Crippen LogP contribution in [0.15, 0.2) is 103 Å². The van der Waals surface area contributed by atoms with Gasteiger partial charge in [-0.1, -0.05) is 65.7 Å². The van der Waals surface area contributed by atoms with Gasteiger partial charge in [0, 0.05) is 17.1 Å². The topological polar surface area (TPSA) is 57.5 Å². The second-order valence-electron chi connectivity index (χ2n) is 5.74. The van der Waals surface area contributed by atoms with Gasteiger partial charge in [0.2, 0.25) is 0 Å². The van der Waals surface area contributed by atoms with Crippen LogP contribution < -0.4 is 5.30 Å². The predicted molar refractivity (Wildman–Crippen MR) is 107 cm³/mol. The molecular formula is C22H19FeO3P-6. The molecule has 0 aromatic heterocycles. The second kappa shape index (κ2) is 9.66. The summed E-state index contributed by atoms with van der Waals surface area (Å²) < 4.78 is 11.6. The molecule has 0 fully saturated rings. The largest absolute Gasteiger partial charge is 0.748 e. The molecule has 0 saturated heterocycles. The van der Waals surface area contributed by atoms with E-state index in [9.17, 15) is 14.4 Å². The van der Waals surface area contributed by atoms with E-state index in [1.807, 2.05) is 84.9 Å². The van der Waals surface area contributed by atoms with Gasteiger partial charge >= 0.3 is 7.60 Å². The summed E-state index contributed by atoms with van der Waals surface area (Å²) in [4.78, 5) is 19.0. The van der Waals surface area contributed by atoms with Gasteiger partial charge in [-0.2, -0.15) is 12.1 Å². The Hall–Kier alpha value is -2.19. The predicted octanol–water partition coefficient (Wildman–Crippen LogP) is 4.95. The smallest absolute Gasteiger partial charge is 0.316 e. The maximum Gasteiger partial charge on any atom is 0.316 e. The van der Waals surface area contributed by atoms with Crippen LogP contribution in [-0.2, 0) is 21.6 Å². The Morgan fingerprint density at radius 3 is 1.78 bits per heavy atom. The average Bonchev–Trinajstić information content (AvgIpc) is 3.36. The monoisotopic (exact) mass is 418 g/mol. The second-order valence-corrected chi connectivity index (χ2v) is 7.31. The Bertz CT molecular complexity index is 968. The number of hydrogen-bond donors (Lipinski definition) is 2. The van der Waals surface area contributed by atoms with Gasteiger partial charge in [-0.05, 0) is 10.9 Å². The van der Waals surface area contributed by atoms with Crippen molar-refractivity contribution in [2.24, 2.45) is 0 Å². The van der Waals surface area contributed by atoms with Crippen LogP contribution in [0.5, 0.6) is 0 Å². The van der Waals surface area contributed by atoms with Crippen molar-refractivity contribution in [3.8, 4) is 22.3 Å². The van der Waals surface area contributed by atoms with E-state index in [0.717, 1.165) is 16.7 Å². The fourth-order valence-corrected chi connectivity index (χ4v) is 3.59. The van der Waals surface area contributed by atoms with Gasteiger partial charge in [-0.3, -0.25) is 4.57 Å². The molecule has 4 aromatic rings. The molecule has 0 heterocycles. The third-order valence-electron chi connectivity index (χ3n) is 3.96. The van der Waals surface area contributed by atoms with Crippen LogP contribution in [0.4, 0.5) is 0 Å². The van der Waals surface area contributed by atoms with Crippen LogP contribution >= 0.6 is 7.60 Å². The molecule has 27 heavy (non-hydrogen) atoms. The summed E-state index contributed by atoms with van der Waals surface area (Å²) in [5.74, 6) is 0. The van der Waals surface area contributed by atoms with Crippen molar-refractivity contribution in [1.29, 1.82) is 0 Å². The third kappa shape index (κ3) is 5.40. The Morgan fingerprint density at radius 2 is 1.22 bits per heavy atom. The van der Waals surface area contributed by atoms with Gasteiger partial charge in [0.05, 0.1) is 0 Å². The molecule has 0 radical (unpaired) electrons. The zero-order chi connectivity index (χ0) is 18.4. The molecule has 5 heteroatoms. The number of benzene rings is 2. The van der Waals surface area contributed by atoms with E-state index >= 15 is 0 Å². The van der Waals surface area contributed by atoms with Gasteiger partial charge < -0.3 is 40.1 Å². The number of rotatable bonds is 3. The first-order valence-electron chi connectivity index (χ1n) is 8.20. The first-order chi connectivity index (χ1) is 12.6. The van der Waals surface area contributed by atoms with Crippen molar-refractivity contribution < 1.29 is 31.4 Å². The summed E-state index contributed by atoms with van der Waals surface area (Å²) in [6.45, 7) is 0. The maximum atomic E-state index is 11.6. The Labute approximate surface area is 169 Å². The summed E-state index contributed by atoms with van der Waals surface area (Å²) >= 11 is 0. The molecule has 2 N–H and O–H groups in total. The molecular weight excluding hydrogens is 399 g/mol. The molecule has 0 bridgehead atoms. The van der Waals surface area contributed by atoms with Crippen molar-refractivity contribution in [2.45, 2.75) is 0 Å². The standard InChI is InChI=1S/C17H14O3P.C5H5.Fe/c18-21(19,20)17-12-6-11-16(17)15-10-5-4-9-14(15)13-7-2-1-3-8-13;1-2-4-5-3-1;/h1-12H,(H2,18,19,20);1-5H;/q-1;-5;. The van der Waals surface area contributed by atoms with E-state index in [-0.39, 0.29) is 22.4 Å². The molecule has 3 nitrogen and oxygen atoms in total. The van der Waals surface area contributed by atoms with E-state index in [0.29, 0.717) is 5.56 Å². The fourth-order valence-electron chi connectivity index (χ4n) is 2.80. The molecule has 0 aliphatic carbocycles. The molecule has 144 valence electrons. The van der Waals surface area contributed by atoms with E-state index < -0.39 is 7.60 Å². The van der Waals surface area contributed by atoms with Crippen LogP contribution in [0.2, 0.25) is 0 Å². The summed E-state index contributed by atoms with van der Waals surface area (Å²) in [7, 11) is -4.28. The van der Waals surface area contributed by atoms with Gasteiger partial charge in [0.15, 0.2) is 0 Å². The Balaban J connectivity index is 0.000000379. The molecule has 0 aliphatic rings. The summed E-state index contributed by atoms with van der Waals surface area (Å²) in [5, 5.41) is 0.0749. The molecule has 0 amide bonds. The van der Waals surface area contributed by atoms with E-state index in [2.05, 4.69) is 0 Å². The SMILES string of the molecule is O=P(O)(O)[c-]1cccc1-c1ccccc1-c1ccccc1.[Fe].[cH-]1[cH-][cH-][cH-][cH-]1. The minimum absolute atomic E-state index is 0. The zero-order valence-corrected chi connectivity index (χ0v) is 16.4. The van der Waals surface area contributed by atoms with Gasteiger partial charge in [0.25, 0.3) is 0 Å². The minimum atomic E-state index is -4.28. The van der Waals surface area contributed by atoms with Gasteiger partial charge in [-0.15, -0.1) is 11.6 Å².